The summed E-state index contributed by atoms with van der Waals surface area (Å²) in [6, 6.07) is 13.7. The summed E-state index contributed by atoms with van der Waals surface area (Å²) in [6.07, 6.45) is 0. The van der Waals surface area contributed by atoms with Gasteiger partial charge in [0.25, 0.3) is 0 Å². The standard InChI is InChI=1S/C14H12Cl2O/c1-2-17-14-12(15)8-11(9-13(14)16)10-6-4-3-5-7-10/h3-9H,2H2,1H3. The first-order valence-electron chi connectivity index (χ1n) is 5.39. The molecule has 2 rings (SSSR count). The fourth-order valence-electron chi connectivity index (χ4n) is 1.64. The lowest BCUT2D eigenvalue weighted by Crippen LogP contribution is -1.93. The monoisotopic (exact) mass is 266 g/mol. The third-order valence-corrected chi connectivity index (χ3v) is 2.96. The van der Waals surface area contributed by atoms with E-state index in [1.165, 1.54) is 0 Å². The van der Waals surface area contributed by atoms with E-state index in [4.69, 9.17) is 27.9 Å². The Morgan fingerprint density at radius 1 is 0.941 bits per heavy atom. The minimum atomic E-state index is 0.540. The van der Waals surface area contributed by atoms with Crippen LogP contribution in [-0.4, -0.2) is 6.61 Å². The van der Waals surface area contributed by atoms with E-state index in [-0.39, 0.29) is 0 Å². The second-order valence-electron chi connectivity index (χ2n) is 3.57. The first-order chi connectivity index (χ1) is 8.22. The predicted octanol–water partition coefficient (Wildman–Crippen LogP) is 5.06. The first kappa shape index (κ1) is 12.3. The maximum absolute atomic E-state index is 6.15. The lowest BCUT2D eigenvalue weighted by molar-refractivity contribution is 0.340. The van der Waals surface area contributed by atoms with Gasteiger partial charge in [0.05, 0.1) is 16.7 Å². The van der Waals surface area contributed by atoms with E-state index in [1.807, 2.05) is 49.4 Å². The van der Waals surface area contributed by atoms with Gasteiger partial charge >= 0.3 is 0 Å². The van der Waals surface area contributed by atoms with Crippen molar-refractivity contribution in [1.29, 1.82) is 0 Å². The Kier molecular flexibility index (Phi) is 3.93. The highest BCUT2D eigenvalue weighted by Crippen LogP contribution is 2.37. The molecule has 0 fully saturated rings. The lowest BCUT2D eigenvalue weighted by atomic mass is 10.1. The van der Waals surface area contributed by atoms with Crippen LogP contribution in [0.4, 0.5) is 0 Å². The third-order valence-electron chi connectivity index (χ3n) is 2.39. The van der Waals surface area contributed by atoms with Crippen LogP contribution in [0, 0.1) is 0 Å². The van der Waals surface area contributed by atoms with E-state index < -0.39 is 0 Å². The van der Waals surface area contributed by atoms with Crippen LogP contribution in [0.15, 0.2) is 42.5 Å². The van der Waals surface area contributed by atoms with Gasteiger partial charge in [0, 0.05) is 0 Å². The summed E-state index contributed by atoms with van der Waals surface area (Å²) in [7, 11) is 0. The molecular weight excluding hydrogens is 255 g/mol. The average Bonchev–Trinajstić information content (AvgIpc) is 2.35. The molecule has 1 nitrogen and oxygen atoms in total. The highest BCUT2D eigenvalue weighted by molar-refractivity contribution is 6.37. The number of ether oxygens (including phenoxy) is 1. The summed E-state index contributed by atoms with van der Waals surface area (Å²) >= 11 is 12.3. The average molecular weight is 267 g/mol. The minimum Gasteiger partial charge on any atom is -0.491 e. The largest absolute Gasteiger partial charge is 0.491 e. The molecule has 0 N–H and O–H groups in total. The number of rotatable bonds is 3. The molecule has 0 bridgehead atoms. The molecule has 0 spiro atoms. The van der Waals surface area contributed by atoms with Gasteiger partial charge in [0.15, 0.2) is 5.75 Å². The van der Waals surface area contributed by atoms with Crippen molar-refractivity contribution in [2.75, 3.05) is 6.61 Å². The van der Waals surface area contributed by atoms with Gasteiger partial charge < -0.3 is 4.74 Å². The van der Waals surface area contributed by atoms with Crippen LogP contribution in [0.25, 0.3) is 11.1 Å². The molecule has 17 heavy (non-hydrogen) atoms. The Labute approximate surface area is 111 Å². The molecule has 0 unspecified atom stereocenters. The van der Waals surface area contributed by atoms with Gasteiger partial charge in [-0.1, -0.05) is 53.5 Å². The van der Waals surface area contributed by atoms with Gasteiger partial charge in [-0.05, 0) is 30.2 Å². The van der Waals surface area contributed by atoms with E-state index in [0.717, 1.165) is 11.1 Å². The molecule has 2 aromatic rings. The van der Waals surface area contributed by atoms with E-state index in [9.17, 15) is 0 Å². The van der Waals surface area contributed by atoms with Crippen LogP contribution in [0.5, 0.6) is 5.75 Å². The number of benzene rings is 2. The van der Waals surface area contributed by atoms with Crippen molar-refractivity contribution in [3.63, 3.8) is 0 Å². The fourth-order valence-corrected chi connectivity index (χ4v) is 2.24. The van der Waals surface area contributed by atoms with Crippen molar-refractivity contribution in [1.82, 2.24) is 0 Å². The van der Waals surface area contributed by atoms with E-state index in [2.05, 4.69) is 0 Å². The van der Waals surface area contributed by atoms with Crippen LogP contribution >= 0.6 is 23.2 Å². The Morgan fingerprint density at radius 3 is 2.06 bits per heavy atom. The highest BCUT2D eigenvalue weighted by Gasteiger charge is 2.09. The molecule has 0 radical (unpaired) electrons. The van der Waals surface area contributed by atoms with Crippen LogP contribution in [0.2, 0.25) is 10.0 Å². The smallest absolute Gasteiger partial charge is 0.156 e. The van der Waals surface area contributed by atoms with Crippen molar-refractivity contribution in [2.24, 2.45) is 0 Å². The van der Waals surface area contributed by atoms with E-state index in [1.54, 1.807) is 0 Å². The number of halogens is 2. The van der Waals surface area contributed by atoms with E-state index in [0.29, 0.717) is 22.4 Å². The quantitative estimate of drug-likeness (QED) is 0.755. The fraction of sp³-hybridized carbons (Fsp3) is 0.143. The third kappa shape index (κ3) is 2.74. The van der Waals surface area contributed by atoms with Crippen molar-refractivity contribution < 1.29 is 4.74 Å². The zero-order valence-corrected chi connectivity index (χ0v) is 10.9. The zero-order chi connectivity index (χ0) is 12.3. The second kappa shape index (κ2) is 5.44. The summed E-state index contributed by atoms with van der Waals surface area (Å²) in [5, 5.41) is 1.08. The van der Waals surface area contributed by atoms with Crippen molar-refractivity contribution >= 4 is 23.2 Å². The first-order valence-corrected chi connectivity index (χ1v) is 6.15. The van der Waals surface area contributed by atoms with Crippen molar-refractivity contribution in [2.45, 2.75) is 6.92 Å². The molecule has 0 saturated carbocycles. The van der Waals surface area contributed by atoms with E-state index >= 15 is 0 Å². The topological polar surface area (TPSA) is 9.23 Å². The summed E-state index contributed by atoms with van der Waals surface area (Å²) in [4.78, 5) is 0. The predicted molar refractivity (Wildman–Crippen MR) is 73.1 cm³/mol. The molecule has 3 heteroatoms. The summed E-state index contributed by atoms with van der Waals surface area (Å²) in [6.45, 7) is 2.45. The SMILES string of the molecule is CCOc1c(Cl)cc(-c2ccccc2)cc1Cl. The summed E-state index contributed by atoms with van der Waals surface area (Å²) < 4.78 is 5.39. The maximum Gasteiger partial charge on any atom is 0.156 e. The van der Waals surface area contributed by atoms with Gasteiger partial charge in [-0.3, -0.25) is 0 Å². The molecule has 0 atom stereocenters. The molecule has 0 aliphatic carbocycles. The Hall–Kier alpha value is -1.18. The molecule has 0 heterocycles. The number of hydrogen-bond donors (Lipinski definition) is 0. The van der Waals surface area contributed by atoms with Gasteiger partial charge in [-0.15, -0.1) is 0 Å². The molecule has 0 aromatic heterocycles. The minimum absolute atomic E-state index is 0.540. The Morgan fingerprint density at radius 2 is 1.53 bits per heavy atom. The molecular formula is C14H12Cl2O. The second-order valence-corrected chi connectivity index (χ2v) is 4.38. The van der Waals surface area contributed by atoms with Crippen LogP contribution in [0.3, 0.4) is 0 Å². The maximum atomic E-state index is 6.15. The number of hydrogen-bond acceptors (Lipinski definition) is 1. The molecule has 0 saturated heterocycles. The molecule has 0 aliphatic rings. The normalized spacial score (nSPS) is 10.3. The summed E-state index contributed by atoms with van der Waals surface area (Å²) in [5.41, 5.74) is 2.07. The molecule has 0 aliphatic heterocycles. The highest BCUT2D eigenvalue weighted by atomic mass is 35.5. The van der Waals surface area contributed by atoms with Crippen molar-refractivity contribution in [3.05, 3.63) is 52.5 Å². The zero-order valence-electron chi connectivity index (χ0n) is 9.41. The molecule has 0 amide bonds. The summed E-state index contributed by atoms with van der Waals surface area (Å²) in [5.74, 6) is 0.551. The van der Waals surface area contributed by atoms with Crippen LogP contribution in [-0.2, 0) is 0 Å². The van der Waals surface area contributed by atoms with Gasteiger partial charge in [-0.2, -0.15) is 0 Å². The lowest BCUT2D eigenvalue weighted by Gasteiger charge is -2.10. The van der Waals surface area contributed by atoms with Gasteiger partial charge in [-0.25, -0.2) is 0 Å². The molecule has 2 aromatic carbocycles. The van der Waals surface area contributed by atoms with Gasteiger partial charge in [0.1, 0.15) is 0 Å². The Bertz CT molecular complexity index is 486. The van der Waals surface area contributed by atoms with Crippen LogP contribution in [0.1, 0.15) is 6.92 Å². The van der Waals surface area contributed by atoms with Crippen molar-refractivity contribution in [3.8, 4) is 16.9 Å². The molecule has 88 valence electrons. The van der Waals surface area contributed by atoms with Gasteiger partial charge in [0.2, 0.25) is 0 Å². The van der Waals surface area contributed by atoms with Crippen LogP contribution < -0.4 is 4.74 Å². The Balaban J connectivity index is 2.46.